The largest absolute Gasteiger partial charge is 0.271 e. The lowest BCUT2D eigenvalue weighted by Gasteiger charge is -2.30. The van der Waals surface area contributed by atoms with E-state index in [0.29, 0.717) is 6.04 Å². The van der Waals surface area contributed by atoms with Crippen LogP contribution in [0.3, 0.4) is 0 Å². The third-order valence-electron chi connectivity index (χ3n) is 5.22. The van der Waals surface area contributed by atoms with Crippen molar-refractivity contribution < 1.29 is 0 Å². The molecule has 2 bridgehead atoms. The average Bonchev–Trinajstić information content (AvgIpc) is 3.00. The van der Waals surface area contributed by atoms with E-state index in [-0.39, 0.29) is 0 Å². The zero-order valence-corrected chi connectivity index (χ0v) is 11.2. The van der Waals surface area contributed by atoms with Crippen LogP contribution in [0.25, 0.3) is 0 Å². The van der Waals surface area contributed by atoms with E-state index in [1.807, 2.05) is 0 Å². The van der Waals surface area contributed by atoms with Gasteiger partial charge in [0.1, 0.15) is 0 Å². The van der Waals surface area contributed by atoms with Gasteiger partial charge in [-0.05, 0) is 61.5 Å². The predicted octanol–water partition coefficient (Wildman–Crippen LogP) is 2.81. The zero-order chi connectivity index (χ0) is 12.5. The van der Waals surface area contributed by atoms with Crippen LogP contribution in [0.1, 0.15) is 36.8 Å². The van der Waals surface area contributed by atoms with Crippen LogP contribution in [0.2, 0.25) is 0 Å². The van der Waals surface area contributed by atoms with Crippen LogP contribution in [0.4, 0.5) is 0 Å². The molecule has 4 atom stereocenters. The molecule has 2 fully saturated rings. The fourth-order valence-electron chi connectivity index (χ4n) is 4.20. The molecule has 4 unspecified atom stereocenters. The van der Waals surface area contributed by atoms with Gasteiger partial charge in [0.05, 0.1) is 0 Å². The van der Waals surface area contributed by atoms with Crippen LogP contribution < -0.4 is 11.3 Å². The van der Waals surface area contributed by atoms with E-state index >= 15 is 0 Å². The molecule has 2 nitrogen and oxygen atoms in total. The maximum atomic E-state index is 5.83. The molecule has 3 N–H and O–H groups in total. The molecule has 0 aliphatic heterocycles. The standard InChI is InChI=1S/C16H24N2/c1-11-4-2-3-5-13(11)10-16(18-17)15-9-12-6-7-14(15)8-12/h2-5,12,14-16,18H,6-10,17H2,1H3. The number of benzene rings is 1. The van der Waals surface area contributed by atoms with Crippen molar-refractivity contribution >= 4 is 0 Å². The van der Waals surface area contributed by atoms with Gasteiger partial charge in [-0.3, -0.25) is 11.3 Å². The molecule has 0 saturated heterocycles. The van der Waals surface area contributed by atoms with Crippen molar-refractivity contribution in [3.05, 3.63) is 35.4 Å². The summed E-state index contributed by atoms with van der Waals surface area (Å²) < 4.78 is 0. The fourth-order valence-corrected chi connectivity index (χ4v) is 4.20. The molecular formula is C16H24N2. The Labute approximate surface area is 110 Å². The van der Waals surface area contributed by atoms with Crippen molar-refractivity contribution in [2.45, 2.75) is 45.1 Å². The Morgan fingerprint density at radius 3 is 2.72 bits per heavy atom. The maximum absolute atomic E-state index is 5.83. The Kier molecular flexibility index (Phi) is 3.40. The number of nitrogens with one attached hydrogen (secondary N) is 1. The summed E-state index contributed by atoms with van der Waals surface area (Å²) in [7, 11) is 0. The van der Waals surface area contributed by atoms with Gasteiger partial charge in [0.15, 0.2) is 0 Å². The Bertz CT molecular complexity index is 415. The summed E-state index contributed by atoms with van der Waals surface area (Å²) in [6.45, 7) is 2.20. The first kappa shape index (κ1) is 12.2. The van der Waals surface area contributed by atoms with E-state index < -0.39 is 0 Å². The third-order valence-corrected chi connectivity index (χ3v) is 5.22. The molecule has 0 heterocycles. The third kappa shape index (κ3) is 2.19. The number of aryl methyl sites for hydroxylation is 1. The molecule has 2 aliphatic carbocycles. The number of nitrogens with two attached hydrogens (primary N) is 1. The molecule has 0 spiro atoms. The summed E-state index contributed by atoms with van der Waals surface area (Å²) in [5.74, 6) is 8.56. The Balaban J connectivity index is 1.72. The maximum Gasteiger partial charge on any atom is 0.0281 e. The van der Waals surface area contributed by atoms with Gasteiger partial charge in [0, 0.05) is 6.04 Å². The van der Waals surface area contributed by atoms with Crippen molar-refractivity contribution in [3.63, 3.8) is 0 Å². The predicted molar refractivity (Wildman–Crippen MR) is 74.9 cm³/mol. The molecule has 98 valence electrons. The molecule has 3 rings (SSSR count). The highest BCUT2D eigenvalue weighted by molar-refractivity contribution is 5.26. The zero-order valence-electron chi connectivity index (χ0n) is 11.2. The highest BCUT2D eigenvalue weighted by Gasteiger charge is 2.42. The lowest BCUT2D eigenvalue weighted by molar-refractivity contribution is 0.248. The van der Waals surface area contributed by atoms with Gasteiger partial charge < -0.3 is 0 Å². The van der Waals surface area contributed by atoms with Crippen LogP contribution in [-0.4, -0.2) is 6.04 Å². The Morgan fingerprint density at radius 1 is 1.28 bits per heavy atom. The van der Waals surface area contributed by atoms with Crippen molar-refractivity contribution in [2.24, 2.45) is 23.6 Å². The highest BCUT2D eigenvalue weighted by Crippen LogP contribution is 2.49. The second-order valence-corrected chi connectivity index (χ2v) is 6.24. The van der Waals surface area contributed by atoms with Gasteiger partial charge in [-0.25, -0.2) is 0 Å². The first-order valence-corrected chi connectivity index (χ1v) is 7.28. The smallest absolute Gasteiger partial charge is 0.0281 e. The van der Waals surface area contributed by atoms with E-state index in [0.717, 1.165) is 24.2 Å². The summed E-state index contributed by atoms with van der Waals surface area (Å²) in [5.41, 5.74) is 5.94. The minimum Gasteiger partial charge on any atom is -0.271 e. The second kappa shape index (κ2) is 5.02. The van der Waals surface area contributed by atoms with Crippen molar-refractivity contribution in [3.8, 4) is 0 Å². The Hall–Kier alpha value is -0.860. The number of rotatable bonds is 4. The topological polar surface area (TPSA) is 38.0 Å². The summed E-state index contributed by atoms with van der Waals surface area (Å²) in [6.07, 6.45) is 6.82. The molecule has 0 amide bonds. The second-order valence-electron chi connectivity index (χ2n) is 6.24. The fraction of sp³-hybridized carbons (Fsp3) is 0.625. The normalized spacial score (nSPS) is 31.8. The van der Waals surface area contributed by atoms with Crippen LogP contribution >= 0.6 is 0 Å². The van der Waals surface area contributed by atoms with E-state index in [4.69, 9.17) is 5.84 Å². The first-order chi connectivity index (χ1) is 8.78. The Morgan fingerprint density at radius 2 is 2.11 bits per heavy atom. The minimum atomic E-state index is 0.460. The monoisotopic (exact) mass is 244 g/mol. The van der Waals surface area contributed by atoms with Gasteiger partial charge in [-0.1, -0.05) is 30.7 Å². The molecular weight excluding hydrogens is 220 g/mol. The van der Waals surface area contributed by atoms with E-state index in [1.165, 1.54) is 36.8 Å². The van der Waals surface area contributed by atoms with E-state index in [9.17, 15) is 0 Å². The van der Waals surface area contributed by atoms with Crippen LogP contribution in [0.5, 0.6) is 0 Å². The number of hydrogen-bond donors (Lipinski definition) is 2. The van der Waals surface area contributed by atoms with Crippen molar-refractivity contribution in [1.29, 1.82) is 0 Å². The molecule has 1 aromatic rings. The molecule has 2 heteroatoms. The van der Waals surface area contributed by atoms with Gasteiger partial charge in [0.25, 0.3) is 0 Å². The molecule has 2 aliphatic rings. The quantitative estimate of drug-likeness (QED) is 0.631. The molecule has 18 heavy (non-hydrogen) atoms. The summed E-state index contributed by atoms with van der Waals surface area (Å²) in [5, 5.41) is 0. The molecule has 2 saturated carbocycles. The number of fused-ring (bicyclic) bond motifs is 2. The van der Waals surface area contributed by atoms with E-state index in [1.54, 1.807) is 0 Å². The number of hydrazine groups is 1. The highest BCUT2D eigenvalue weighted by atomic mass is 15.2. The van der Waals surface area contributed by atoms with Gasteiger partial charge in [0.2, 0.25) is 0 Å². The lowest BCUT2D eigenvalue weighted by atomic mass is 9.81. The van der Waals surface area contributed by atoms with Crippen molar-refractivity contribution in [2.75, 3.05) is 0 Å². The van der Waals surface area contributed by atoms with Gasteiger partial charge in [-0.15, -0.1) is 0 Å². The van der Waals surface area contributed by atoms with E-state index in [2.05, 4.69) is 36.6 Å². The number of hydrogen-bond acceptors (Lipinski definition) is 2. The minimum absolute atomic E-state index is 0.460. The van der Waals surface area contributed by atoms with Crippen molar-refractivity contribution in [1.82, 2.24) is 5.43 Å². The lowest BCUT2D eigenvalue weighted by Crippen LogP contribution is -2.44. The van der Waals surface area contributed by atoms with Crippen LogP contribution in [0, 0.1) is 24.7 Å². The summed E-state index contributed by atoms with van der Waals surface area (Å²) in [6, 6.07) is 9.15. The summed E-state index contributed by atoms with van der Waals surface area (Å²) in [4.78, 5) is 0. The molecule has 0 radical (unpaired) electrons. The first-order valence-electron chi connectivity index (χ1n) is 7.28. The van der Waals surface area contributed by atoms with Crippen LogP contribution in [0.15, 0.2) is 24.3 Å². The van der Waals surface area contributed by atoms with Crippen LogP contribution in [-0.2, 0) is 6.42 Å². The SMILES string of the molecule is Cc1ccccc1CC(NN)C1CC2CCC1C2. The summed E-state index contributed by atoms with van der Waals surface area (Å²) >= 11 is 0. The average molecular weight is 244 g/mol. The van der Waals surface area contributed by atoms with Gasteiger partial charge >= 0.3 is 0 Å². The van der Waals surface area contributed by atoms with Gasteiger partial charge in [-0.2, -0.15) is 0 Å². The molecule has 0 aromatic heterocycles. The molecule has 1 aromatic carbocycles.